The number of carbonyl (C=O) groups excluding carboxylic acids is 2. The van der Waals surface area contributed by atoms with Gasteiger partial charge in [0.1, 0.15) is 66.8 Å². The van der Waals surface area contributed by atoms with Gasteiger partial charge in [0.05, 0.1) is 39.5 Å². The fraction of sp³-hybridized carbons (Fsp3) is 0.581. The van der Waals surface area contributed by atoms with E-state index in [2.05, 4.69) is 53.1 Å². The number of carbonyl (C=O) groups is 2. The number of hydrogen-bond donors (Lipinski definition) is 12. The number of ether oxygens (including phenoxy) is 3. The van der Waals surface area contributed by atoms with Crippen molar-refractivity contribution in [3.63, 3.8) is 0 Å². The lowest BCUT2D eigenvalue weighted by Gasteiger charge is -2.27. The van der Waals surface area contributed by atoms with E-state index < -0.39 is 161 Å². The summed E-state index contributed by atoms with van der Waals surface area (Å²) in [7, 11) is -22.1. The molecule has 0 aromatic carbocycles. The van der Waals surface area contributed by atoms with E-state index in [1.807, 2.05) is 0 Å². The van der Waals surface area contributed by atoms with Crippen molar-refractivity contribution in [3.05, 3.63) is 12.7 Å². The number of nitrogens with zero attached hydrogens (tertiary/aromatic N) is 12. The summed E-state index contributed by atoms with van der Waals surface area (Å²) in [6.07, 6.45) is -17.2. The normalized spacial score (nSPS) is 36.1. The van der Waals surface area contributed by atoms with Crippen LogP contribution in [0.5, 0.6) is 0 Å². The van der Waals surface area contributed by atoms with Crippen molar-refractivity contribution >= 4 is 96.4 Å². The minimum atomic E-state index is -6.22. The minimum Gasteiger partial charge on any atom is -0.387 e. The number of aliphatic hydroxyl groups excluding tert-OH is 5. The molecule has 6 unspecified atom stereocenters. The van der Waals surface area contributed by atoms with Gasteiger partial charge >= 0.3 is 37.2 Å². The number of hydrogen-bond acceptors (Lipinski definition) is 31. The first kappa shape index (κ1) is 53.9. The molecule has 15 N–H and O–H groups in total. The molecular weight excluding hydrogens is 1090 g/mol. The Labute approximate surface area is 410 Å². The molecule has 2 aromatic rings. The lowest BCUT2D eigenvalue weighted by atomic mass is 10.1. The Morgan fingerprint density at radius 1 is 0.649 bits per heavy atom. The second kappa shape index (κ2) is 19.9. The first-order valence-electron chi connectivity index (χ1n) is 20.9. The number of amides is 2. The standard InChI is InChI=1S/C31H41N15O24P4/c1-43-8-46(24-14(43)26(53)42-31(34)40-24)28-18(50)16(48)10(66-28)3-63-72(56,57)69-74(60,61)70-73(58,59)64-4-11-20(19(51)29(67-11)44-6-37-12-21(32)35-5-36-22(12)44)68-71(54,55)62-2-9-15(47)17(49)27(65-9)45-7-38-13-23(45)39-30(33)41-25(13)52/h5-11,13-20,27-29,47-51H,2-4H2,1H3,(H9-,32,33,34,35,36,41,42,52,53,54,55,56,57,58,59,60,61)/p+1/t9-,10-,11-,13?,14?,15-,16-,17-,18-,19-,20-,27-,28-,29-/m1/s1. The Morgan fingerprint density at radius 3 is 1.81 bits per heavy atom. The van der Waals surface area contributed by atoms with Crippen LogP contribution in [-0.4, -0.2) is 233 Å². The second-order valence-electron chi connectivity index (χ2n) is 16.4. The summed E-state index contributed by atoms with van der Waals surface area (Å²) in [5.74, 6) is -2.66. The highest BCUT2D eigenvalue weighted by Crippen LogP contribution is 2.68. The average molecular weight is 1130 g/mol. The van der Waals surface area contributed by atoms with E-state index >= 15 is 0 Å². The summed E-state index contributed by atoms with van der Waals surface area (Å²) >= 11 is 0. The fourth-order valence-corrected chi connectivity index (χ4v) is 12.7. The van der Waals surface area contributed by atoms with Gasteiger partial charge in [-0.2, -0.15) is 33.5 Å². The maximum atomic E-state index is 13.5. The van der Waals surface area contributed by atoms with Crippen LogP contribution in [0.3, 0.4) is 0 Å². The van der Waals surface area contributed by atoms with Crippen molar-refractivity contribution in [2.45, 2.75) is 85.7 Å². The quantitative estimate of drug-likeness (QED) is 0.0487. The third-order valence-electron chi connectivity index (χ3n) is 11.5. The maximum Gasteiger partial charge on any atom is 0.490 e. The summed E-state index contributed by atoms with van der Waals surface area (Å²) in [5, 5.41) is 54.5. The molecule has 9 heterocycles. The van der Waals surface area contributed by atoms with Gasteiger partial charge in [0.15, 0.2) is 35.8 Å². The summed E-state index contributed by atoms with van der Waals surface area (Å²) in [6.45, 7) is -3.54. The molecule has 39 nitrogen and oxygen atoms in total. The topological polar surface area (TPSA) is 561 Å². The SMILES string of the molecule is C[N+]1=CN([C@@H]2O[C@H](COP(=O)(O)OP(=O)(O)OP(=O)(O)OC[C@H]3O[C@@H](n4cnc5c(N)ncnc54)[C@H](O)[C@@H]3OP(=O)(O)OC[C@H]3O[C@@H](N4C=NC5C(=O)N=C(N)N=C54)[C@H](O)[C@@H]3O)[C@@H](O)[C@H]2O)C2=NC(N)=NC(=O)C21. The van der Waals surface area contributed by atoms with Crippen molar-refractivity contribution in [2.75, 3.05) is 32.6 Å². The van der Waals surface area contributed by atoms with Crippen molar-refractivity contribution in [3.8, 4) is 0 Å². The average Bonchev–Trinajstić information content (AvgIpc) is 4.15. The monoisotopic (exact) mass is 1130 g/mol. The Hall–Kier alpha value is -4.89. The molecule has 404 valence electrons. The molecular formula is C31H42N15O24P4+. The fourth-order valence-electron chi connectivity index (χ4n) is 8.25. The number of aromatic nitrogens is 4. The molecule has 0 saturated carbocycles. The van der Waals surface area contributed by atoms with Crippen molar-refractivity contribution in [2.24, 2.45) is 36.4 Å². The third-order valence-corrected chi connectivity index (χ3v) is 16.8. The van der Waals surface area contributed by atoms with E-state index in [9.17, 15) is 73.0 Å². The van der Waals surface area contributed by atoms with E-state index in [1.165, 1.54) is 18.0 Å². The second-order valence-corrected chi connectivity index (χ2v) is 22.5. The number of aliphatic hydroxyl groups is 5. The highest BCUT2D eigenvalue weighted by molar-refractivity contribution is 7.66. The highest BCUT2D eigenvalue weighted by atomic mass is 31.3. The summed E-state index contributed by atoms with van der Waals surface area (Å²) < 4.78 is 99.7. The molecule has 18 atom stereocenters. The number of phosphoric acid groups is 4. The van der Waals surface area contributed by atoms with E-state index in [-0.39, 0.29) is 28.7 Å². The Morgan fingerprint density at radius 2 is 1.19 bits per heavy atom. The molecule has 2 amide bonds. The van der Waals surface area contributed by atoms with E-state index in [0.29, 0.717) is 0 Å². The number of guanidine groups is 2. The lowest BCUT2D eigenvalue weighted by Crippen LogP contribution is -2.49. The molecule has 0 radical (unpaired) electrons. The number of anilines is 1. The van der Waals surface area contributed by atoms with Gasteiger partial charge in [0.2, 0.25) is 24.5 Å². The van der Waals surface area contributed by atoms with Crippen LogP contribution in [0.2, 0.25) is 0 Å². The van der Waals surface area contributed by atoms with Crippen LogP contribution in [0, 0.1) is 0 Å². The predicted molar refractivity (Wildman–Crippen MR) is 235 cm³/mol. The number of likely N-dealkylation sites (N-methyl/N-ethyl adjacent to an activating group) is 1. The first-order valence-corrected chi connectivity index (χ1v) is 26.9. The maximum absolute atomic E-state index is 13.5. The van der Waals surface area contributed by atoms with Crippen LogP contribution < -0.4 is 17.2 Å². The molecule has 43 heteroatoms. The number of imidazole rings is 1. The van der Waals surface area contributed by atoms with Crippen molar-refractivity contribution in [1.29, 1.82) is 0 Å². The van der Waals surface area contributed by atoms with Crippen LogP contribution >= 0.6 is 31.3 Å². The molecule has 3 fully saturated rings. The van der Waals surface area contributed by atoms with Gasteiger partial charge in [0, 0.05) is 0 Å². The molecule has 3 saturated heterocycles. The van der Waals surface area contributed by atoms with Gasteiger partial charge in [0.25, 0.3) is 17.8 Å². The minimum absolute atomic E-state index is 0.0188. The van der Waals surface area contributed by atoms with Gasteiger partial charge in [-0.05, 0) is 0 Å². The number of nitrogens with two attached hydrogens (primary N) is 3. The molecule has 74 heavy (non-hydrogen) atoms. The molecule has 0 spiro atoms. The van der Waals surface area contributed by atoms with Crippen molar-refractivity contribution in [1.82, 2.24) is 29.3 Å². The number of phosphoric ester groups is 3. The van der Waals surface area contributed by atoms with Gasteiger partial charge in [-0.25, -0.2) is 37.8 Å². The van der Waals surface area contributed by atoms with Crippen molar-refractivity contribution < 1.29 is 118 Å². The molecule has 9 rings (SSSR count). The van der Waals surface area contributed by atoms with Crippen LogP contribution in [0.4, 0.5) is 5.82 Å². The summed E-state index contributed by atoms with van der Waals surface area (Å²) in [6, 6.07) is -2.32. The number of aliphatic imine (C=N–C) groups is 5. The van der Waals surface area contributed by atoms with Gasteiger partial charge < -0.3 is 76.5 Å². The first-order chi connectivity index (χ1) is 34.6. The number of fused-ring (bicyclic) bond motifs is 3. The van der Waals surface area contributed by atoms with E-state index in [1.54, 1.807) is 0 Å². The molecule has 0 aliphatic carbocycles. The van der Waals surface area contributed by atoms with Crippen LogP contribution in [0.15, 0.2) is 37.6 Å². The molecule has 0 bridgehead atoms. The largest absolute Gasteiger partial charge is 0.490 e. The Balaban J connectivity index is 0.834. The van der Waals surface area contributed by atoms with Crippen LogP contribution in [-0.2, 0) is 68.8 Å². The number of nitrogen functional groups attached to an aromatic ring is 1. The number of rotatable bonds is 18. The zero-order valence-electron chi connectivity index (χ0n) is 37.0. The lowest BCUT2D eigenvalue weighted by molar-refractivity contribution is -0.498. The molecule has 7 aliphatic rings. The van der Waals surface area contributed by atoms with Crippen LogP contribution in [0.25, 0.3) is 11.2 Å². The van der Waals surface area contributed by atoms with Gasteiger partial charge in [-0.3, -0.25) is 42.1 Å². The number of amidine groups is 2. The van der Waals surface area contributed by atoms with E-state index in [4.69, 9.17) is 45.0 Å². The smallest absolute Gasteiger partial charge is 0.387 e. The van der Waals surface area contributed by atoms with Crippen LogP contribution in [0.1, 0.15) is 6.23 Å². The third kappa shape index (κ3) is 10.6. The summed E-state index contributed by atoms with van der Waals surface area (Å²) in [4.78, 5) is 99.6. The highest BCUT2D eigenvalue weighted by Gasteiger charge is 2.57. The molecule has 2 aromatic heterocycles. The predicted octanol–water partition coefficient (Wildman–Crippen LogP) is -7.00. The Kier molecular flexibility index (Phi) is 14.5. The Bertz CT molecular complexity index is 3020. The zero-order valence-corrected chi connectivity index (χ0v) is 40.6. The van der Waals surface area contributed by atoms with Gasteiger partial charge in [-0.1, -0.05) is 0 Å². The summed E-state index contributed by atoms with van der Waals surface area (Å²) in [5.41, 5.74) is 17.0. The van der Waals surface area contributed by atoms with Gasteiger partial charge in [-0.15, -0.1) is 0 Å². The molecule has 7 aliphatic heterocycles. The van der Waals surface area contributed by atoms with E-state index in [0.717, 1.165) is 33.4 Å². The zero-order chi connectivity index (χ0) is 53.6.